The molecule has 1 rings (SSSR count). The second-order valence-corrected chi connectivity index (χ2v) is 7.59. The molecule has 0 aliphatic carbocycles. The molecule has 0 aliphatic rings. The van der Waals surface area contributed by atoms with Crippen LogP contribution in [-0.2, 0) is 13.6 Å². The lowest BCUT2D eigenvalue weighted by molar-refractivity contribution is 0.169. The van der Waals surface area contributed by atoms with Crippen LogP contribution in [0.3, 0.4) is 0 Å². The third-order valence-electron chi connectivity index (χ3n) is 2.36. The highest BCUT2D eigenvalue weighted by molar-refractivity contribution is 14.1. The molecule has 20 heavy (non-hydrogen) atoms. The van der Waals surface area contributed by atoms with Crippen molar-refractivity contribution in [1.29, 1.82) is 0 Å². The zero-order chi connectivity index (χ0) is 15.2. The molecule has 1 aromatic carbocycles. The summed E-state index contributed by atoms with van der Waals surface area (Å²) >= 11 is 8.31. The molecule has 0 saturated carbocycles. The van der Waals surface area contributed by atoms with E-state index in [0.717, 1.165) is 9.13 Å². The Hall–Kier alpha value is 0.0900. The summed E-state index contributed by atoms with van der Waals surface area (Å²) in [5, 5.41) is 10.3. The Morgan fingerprint density at radius 1 is 1.35 bits per heavy atom. The summed E-state index contributed by atoms with van der Waals surface area (Å²) in [5.41, 5.74) is 0.727. The minimum atomic E-state index is -3.60. The molecule has 1 aromatic rings. The van der Waals surface area contributed by atoms with E-state index in [9.17, 15) is 9.67 Å². The minimum absolute atomic E-state index is 0.184. The second kappa shape index (κ2) is 8.51. The van der Waals surface area contributed by atoms with E-state index >= 15 is 0 Å². The van der Waals surface area contributed by atoms with Crippen molar-refractivity contribution in [2.24, 2.45) is 0 Å². The summed E-state index contributed by atoms with van der Waals surface area (Å²) in [6.07, 6.45) is 1.29. The maximum Gasteiger partial charge on any atom is 0.362 e. The number of hydrogen-bond donors (Lipinski definition) is 1. The van der Waals surface area contributed by atoms with Crippen LogP contribution in [0.4, 0.5) is 0 Å². The highest BCUT2D eigenvalue weighted by Gasteiger charge is 2.32. The van der Waals surface area contributed by atoms with Gasteiger partial charge in [-0.3, -0.25) is 4.57 Å². The maximum absolute atomic E-state index is 12.3. The van der Waals surface area contributed by atoms with E-state index in [1.54, 1.807) is 13.8 Å². The monoisotopic (exact) mass is 430 g/mol. The van der Waals surface area contributed by atoms with Gasteiger partial charge in [-0.15, -0.1) is 0 Å². The third kappa shape index (κ3) is 5.13. The molecule has 0 heterocycles. The summed E-state index contributed by atoms with van der Waals surface area (Å²) in [5.74, 6) is -1.39. The molecule has 0 bridgehead atoms. The van der Waals surface area contributed by atoms with Gasteiger partial charge in [0.05, 0.1) is 13.2 Å². The van der Waals surface area contributed by atoms with Gasteiger partial charge in [0, 0.05) is 8.60 Å². The fourth-order valence-corrected chi connectivity index (χ4v) is 3.60. The van der Waals surface area contributed by atoms with Gasteiger partial charge in [-0.05, 0) is 60.2 Å². The van der Waals surface area contributed by atoms with E-state index in [-0.39, 0.29) is 13.2 Å². The van der Waals surface area contributed by atoms with E-state index in [0.29, 0.717) is 5.03 Å². The number of rotatable bonds is 7. The topological polar surface area (TPSA) is 55.8 Å². The Labute approximate surface area is 137 Å². The van der Waals surface area contributed by atoms with Gasteiger partial charge in [-0.25, -0.2) is 0 Å². The first-order chi connectivity index (χ1) is 9.42. The van der Waals surface area contributed by atoms with Crippen molar-refractivity contribution in [3.8, 4) is 0 Å². The molecule has 0 amide bonds. The predicted molar refractivity (Wildman–Crippen MR) is 89.9 cm³/mol. The molecule has 1 unspecified atom stereocenters. The largest absolute Gasteiger partial charge is 0.377 e. The number of halogens is 2. The third-order valence-corrected chi connectivity index (χ3v) is 5.45. The fraction of sp³-hybridized carbons (Fsp3) is 0.385. The minimum Gasteiger partial charge on any atom is -0.377 e. The smallest absolute Gasteiger partial charge is 0.362 e. The van der Waals surface area contributed by atoms with Gasteiger partial charge in [0.1, 0.15) is 0 Å². The number of aliphatic hydroxyl groups is 1. The van der Waals surface area contributed by atoms with E-state index in [2.05, 4.69) is 22.6 Å². The molecule has 4 nitrogen and oxygen atoms in total. The van der Waals surface area contributed by atoms with E-state index < -0.39 is 13.4 Å². The second-order valence-electron chi connectivity index (χ2n) is 3.81. The van der Waals surface area contributed by atoms with Crippen molar-refractivity contribution >= 4 is 46.8 Å². The van der Waals surface area contributed by atoms with Gasteiger partial charge in [-0.2, -0.15) is 0 Å². The van der Waals surface area contributed by atoms with Crippen LogP contribution in [0.25, 0.3) is 5.03 Å². The van der Waals surface area contributed by atoms with Crippen molar-refractivity contribution < 1.29 is 18.7 Å². The van der Waals surface area contributed by atoms with Crippen LogP contribution < -0.4 is 0 Å². The van der Waals surface area contributed by atoms with Crippen molar-refractivity contribution in [2.45, 2.75) is 19.7 Å². The zero-order valence-electron chi connectivity index (χ0n) is 11.3. The molecule has 1 atom stereocenters. The van der Waals surface area contributed by atoms with E-state index in [1.807, 2.05) is 24.3 Å². The number of benzene rings is 1. The van der Waals surface area contributed by atoms with Gasteiger partial charge in [0.15, 0.2) is 5.85 Å². The summed E-state index contributed by atoms with van der Waals surface area (Å²) < 4.78 is 23.5. The van der Waals surface area contributed by atoms with E-state index in [4.69, 9.17) is 20.6 Å². The fourth-order valence-electron chi connectivity index (χ4n) is 1.48. The van der Waals surface area contributed by atoms with Gasteiger partial charge in [-0.1, -0.05) is 23.7 Å². The molecular weight excluding hydrogens is 413 g/mol. The van der Waals surface area contributed by atoms with Crippen LogP contribution in [0.15, 0.2) is 30.3 Å². The standard InChI is InChI=1S/C13H17ClIO4P/c1-3-18-20(17,19-4-2)13(16)9-12(14)10-5-7-11(15)8-6-10/h5-9,13,16H,3-4H2,1-2H3/b12-9-. The van der Waals surface area contributed by atoms with Crippen LogP contribution >= 0.6 is 41.8 Å². The molecule has 0 aliphatic heterocycles. The van der Waals surface area contributed by atoms with Crippen LogP contribution in [0, 0.1) is 3.57 Å². The van der Waals surface area contributed by atoms with Crippen LogP contribution in [-0.4, -0.2) is 24.2 Å². The molecule has 0 spiro atoms. The molecule has 0 fully saturated rings. The Morgan fingerprint density at radius 2 is 1.85 bits per heavy atom. The highest BCUT2D eigenvalue weighted by atomic mass is 127. The Morgan fingerprint density at radius 3 is 2.30 bits per heavy atom. The maximum atomic E-state index is 12.3. The molecule has 7 heteroatoms. The molecular formula is C13H17ClIO4P. The van der Waals surface area contributed by atoms with Crippen molar-refractivity contribution in [2.75, 3.05) is 13.2 Å². The van der Waals surface area contributed by atoms with Crippen molar-refractivity contribution in [3.63, 3.8) is 0 Å². The molecule has 112 valence electrons. The van der Waals surface area contributed by atoms with Crippen molar-refractivity contribution in [3.05, 3.63) is 39.5 Å². The summed E-state index contributed by atoms with van der Waals surface area (Å²) in [6, 6.07) is 7.42. The lowest BCUT2D eigenvalue weighted by atomic mass is 10.2. The lowest BCUT2D eigenvalue weighted by Crippen LogP contribution is -2.10. The van der Waals surface area contributed by atoms with Crippen LogP contribution in [0.1, 0.15) is 19.4 Å². The highest BCUT2D eigenvalue weighted by Crippen LogP contribution is 2.53. The van der Waals surface area contributed by atoms with Gasteiger partial charge < -0.3 is 14.2 Å². The first-order valence-corrected chi connectivity index (χ1v) is 9.20. The average Bonchev–Trinajstić information content (AvgIpc) is 2.39. The SMILES string of the molecule is CCOP(=O)(OCC)C(O)/C=C(\Cl)c1ccc(I)cc1. The van der Waals surface area contributed by atoms with Crippen LogP contribution in [0.5, 0.6) is 0 Å². The lowest BCUT2D eigenvalue weighted by Gasteiger charge is -2.20. The first kappa shape index (κ1) is 18.1. The predicted octanol–water partition coefficient (Wildman–Crippen LogP) is 4.46. The summed E-state index contributed by atoms with van der Waals surface area (Å²) in [7, 11) is -3.60. The van der Waals surface area contributed by atoms with Gasteiger partial charge >= 0.3 is 7.60 Å². The number of hydrogen-bond acceptors (Lipinski definition) is 4. The van der Waals surface area contributed by atoms with Crippen molar-refractivity contribution in [1.82, 2.24) is 0 Å². The zero-order valence-corrected chi connectivity index (χ0v) is 15.1. The normalized spacial score (nSPS) is 14.3. The summed E-state index contributed by atoms with van der Waals surface area (Å²) in [6.45, 7) is 3.73. The first-order valence-electron chi connectivity index (χ1n) is 6.13. The van der Waals surface area contributed by atoms with E-state index in [1.165, 1.54) is 6.08 Å². The molecule has 0 saturated heterocycles. The van der Waals surface area contributed by atoms with Crippen LogP contribution in [0.2, 0.25) is 0 Å². The van der Waals surface area contributed by atoms with Gasteiger partial charge in [0.2, 0.25) is 0 Å². The number of aliphatic hydroxyl groups excluding tert-OH is 1. The summed E-state index contributed by atoms with van der Waals surface area (Å²) in [4.78, 5) is 0. The molecule has 0 aromatic heterocycles. The Balaban J connectivity index is 2.95. The average molecular weight is 431 g/mol. The quantitative estimate of drug-likeness (QED) is 0.513. The van der Waals surface area contributed by atoms with Gasteiger partial charge in [0.25, 0.3) is 0 Å². The molecule has 0 radical (unpaired) electrons. The Kier molecular flexibility index (Phi) is 7.72. The Bertz CT molecular complexity index is 494. The molecule has 1 N–H and O–H groups in total.